The number of carboxylic acids is 1. The van der Waals surface area contributed by atoms with Crippen molar-refractivity contribution < 1.29 is 9.90 Å². The summed E-state index contributed by atoms with van der Waals surface area (Å²) in [5.74, 6) is -1.02. The largest absolute Gasteiger partial charge is 0.478 e. The fourth-order valence-electron chi connectivity index (χ4n) is 2.44. The summed E-state index contributed by atoms with van der Waals surface area (Å²) in [7, 11) is 0. The Balaban J connectivity index is 1.76. The van der Waals surface area contributed by atoms with E-state index in [-0.39, 0.29) is 17.2 Å². The van der Waals surface area contributed by atoms with Gasteiger partial charge >= 0.3 is 5.97 Å². The van der Waals surface area contributed by atoms with E-state index in [4.69, 9.17) is 5.11 Å². The molecule has 10 nitrogen and oxygen atoms in total. The zero-order valence-corrected chi connectivity index (χ0v) is 12.7. The minimum Gasteiger partial charge on any atom is -0.478 e. The van der Waals surface area contributed by atoms with Crippen LogP contribution in [-0.2, 0) is 6.54 Å². The summed E-state index contributed by atoms with van der Waals surface area (Å²) >= 11 is 0. The molecule has 0 radical (unpaired) electrons. The first-order valence-electron chi connectivity index (χ1n) is 7.24. The Hall–Kier alpha value is -3.82. The van der Waals surface area contributed by atoms with Crippen molar-refractivity contribution in [1.82, 2.24) is 34.3 Å². The summed E-state index contributed by atoms with van der Waals surface area (Å²) in [6, 6.07) is 3.71. The zero-order valence-electron chi connectivity index (χ0n) is 12.7. The Kier molecular flexibility index (Phi) is 3.35. The Morgan fingerprint density at radius 1 is 1.32 bits per heavy atom. The van der Waals surface area contributed by atoms with Crippen molar-refractivity contribution in [3.8, 4) is 5.95 Å². The summed E-state index contributed by atoms with van der Waals surface area (Å²) in [4.78, 5) is 38.4. The number of carbonyl (C=O) groups is 1. The molecule has 0 fully saturated rings. The van der Waals surface area contributed by atoms with Gasteiger partial charge in [0.25, 0.3) is 5.56 Å². The molecule has 0 unspecified atom stereocenters. The highest BCUT2D eigenvalue weighted by molar-refractivity contribution is 5.86. The number of rotatable bonds is 4. The summed E-state index contributed by atoms with van der Waals surface area (Å²) < 4.78 is 2.86. The molecule has 0 spiro atoms. The third-order valence-corrected chi connectivity index (χ3v) is 3.59. The van der Waals surface area contributed by atoms with Gasteiger partial charge < -0.3 is 9.67 Å². The first-order chi connectivity index (χ1) is 12.1. The van der Waals surface area contributed by atoms with Gasteiger partial charge in [-0.05, 0) is 11.6 Å². The summed E-state index contributed by atoms with van der Waals surface area (Å²) in [5, 5.41) is 12.8. The zero-order chi connectivity index (χ0) is 17.4. The van der Waals surface area contributed by atoms with Gasteiger partial charge in [-0.15, -0.1) is 0 Å². The highest BCUT2D eigenvalue weighted by Crippen LogP contribution is 2.10. The quantitative estimate of drug-likeness (QED) is 0.552. The molecule has 0 saturated carbocycles. The molecule has 0 aromatic carbocycles. The van der Waals surface area contributed by atoms with Crippen LogP contribution in [0.4, 0.5) is 0 Å². The van der Waals surface area contributed by atoms with Gasteiger partial charge in [0.2, 0.25) is 5.95 Å². The fourth-order valence-corrected chi connectivity index (χ4v) is 2.44. The number of imidazole rings is 1. The van der Waals surface area contributed by atoms with Gasteiger partial charge in [-0.3, -0.25) is 14.8 Å². The van der Waals surface area contributed by atoms with Crippen LogP contribution in [0.25, 0.3) is 17.1 Å². The maximum atomic E-state index is 12.5. The highest BCUT2D eigenvalue weighted by atomic mass is 16.4. The first kappa shape index (κ1) is 14.8. The predicted octanol–water partition coefficient (Wildman–Crippen LogP) is 0.447. The van der Waals surface area contributed by atoms with Crippen LogP contribution < -0.4 is 5.56 Å². The van der Waals surface area contributed by atoms with Gasteiger partial charge in [-0.2, -0.15) is 10.1 Å². The Morgan fingerprint density at radius 3 is 2.92 bits per heavy atom. The molecule has 4 aromatic rings. The Labute approximate surface area is 139 Å². The maximum Gasteiger partial charge on any atom is 0.338 e. The van der Waals surface area contributed by atoms with Crippen molar-refractivity contribution in [1.29, 1.82) is 0 Å². The van der Waals surface area contributed by atoms with Gasteiger partial charge in [-0.25, -0.2) is 14.5 Å². The van der Waals surface area contributed by atoms with Crippen molar-refractivity contribution in [2.45, 2.75) is 6.54 Å². The number of hydrogen-bond donors (Lipinski definition) is 2. The van der Waals surface area contributed by atoms with Crippen molar-refractivity contribution in [2.75, 3.05) is 0 Å². The van der Waals surface area contributed by atoms with Crippen molar-refractivity contribution in [2.24, 2.45) is 0 Å². The number of pyridine rings is 1. The van der Waals surface area contributed by atoms with Gasteiger partial charge in [0.1, 0.15) is 0 Å². The number of hydrogen-bond acceptors (Lipinski definition) is 6. The number of H-pyrrole nitrogens is 1. The second kappa shape index (κ2) is 5.67. The maximum absolute atomic E-state index is 12.5. The van der Waals surface area contributed by atoms with Crippen LogP contribution in [0.2, 0.25) is 0 Å². The van der Waals surface area contributed by atoms with E-state index in [9.17, 15) is 9.59 Å². The molecule has 10 heteroatoms. The number of carboxylic acid groups (broad SMARTS) is 1. The minimum absolute atomic E-state index is 0.00940. The molecule has 4 heterocycles. The average molecular weight is 337 g/mol. The number of fused-ring (bicyclic) bond motifs is 1. The molecule has 0 atom stereocenters. The number of nitrogens with one attached hydrogen (secondary N) is 1. The van der Waals surface area contributed by atoms with Crippen molar-refractivity contribution >= 4 is 17.1 Å². The number of nitrogens with zero attached hydrogens (tertiary/aromatic N) is 6. The van der Waals surface area contributed by atoms with E-state index in [0.29, 0.717) is 12.1 Å². The minimum atomic E-state index is -1.12. The summed E-state index contributed by atoms with van der Waals surface area (Å²) in [5.41, 5.74) is 1.08. The lowest BCUT2D eigenvalue weighted by atomic mass is 10.3. The second-order valence-electron chi connectivity index (χ2n) is 5.27. The van der Waals surface area contributed by atoms with Crippen LogP contribution in [0.1, 0.15) is 15.9 Å². The third kappa shape index (κ3) is 2.65. The van der Waals surface area contributed by atoms with E-state index in [1.165, 1.54) is 23.4 Å². The SMILES string of the molecule is O=C(O)c1cnn(-c2nc3ncn(Cc4cccnc4)c3c(=O)[nH]2)c1. The molecule has 0 aliphatic rings. The van der Waals surface area contributed by atoms with E-state index in [2.05, 4.69) is 25.0 Å². The molecule has 4 rings (SSSR count). The summed E-state index contributed by atoms with van der Waals surface area (Å²) in [6.45, 7) is 0.430. The molecule has 0 aliphatic heterocycles. The molecule has 0 amide bonds. The molecular weight excluding hydrogens is 326 g/mol. The molecule has 124 valence electrons. The van der Waals surface area contributed by atoms with Gasteiger partial charge in [0, 0.05) is 18.6 Å². The first-order valence-corrected chi connectivity index (χ1v) is 7.24. The van der Waals surface area contributed by atoms with Crippen LogP contribution in [-0.4, -0.2) is 45.4 Å². The van der Waals surface area contributed by atoms with Gasteiger partial charge in [-0.1, -0.05) is 6.07 Å². The van der Waals surface area contributed by atoms with Crippen LogP contribution in [0, 0.1) is 0 Å². The fraction of sp³-hybridized carbons (Fsp3) is 0.0667. The van der Waals surface area contributed by atoms with E-state index < -0.39 is 11.5 Å². The van der Waals surface area contributed by atoms with Crippen LogP contribution in [0.3, 0.4) is 0 Å². The van der Waals surface area contributed by atoms with Crippen LogP contribution >= 0.6 is 0 Å². The number of aromatic carboxylic acids is 1. The van der Waals surface area contributed by atoms with Crippen molar-refractivity contribution in [3.63, 3.8) is 0 Å². The van der Waals surface area contributed by atoms with E-state index in [1.807, 2.05) is 12.1 Å². The van der Waals surface area contributed by atoms with Crippen molar-refractivity contribution in [3.05, 3.63) is 64.7 Å². The molecule has 25 heavy (non-hydrogen) atoms. The summed E-state index contributed by atoms with van der Waals surface area (Å²) in [6.07, 6.45) is 7.34. The molecule has 4 aromatic heterocycles. The van der Waals surface area contributed by atoms with Crippen LogP contribution in [0.5, 0.6) is 0 Å². The molecule has 2 N–H and O–H groups in total. The smallest absolute Gasteiger partial charge is 0.338 e. The lowest BCUT2D eigenvalue weighted by Gasteiger charge is -2.04. The number of aromatic nitrogens is 7. The Morgan fingerprint density at radius 2 is 2.20 bits per heavy atom. The number of aromatic amines is 1. The second-order valence-corrected chi connectivity index (χ2v) is 5.27. The highest BCUT2D eigenvalue weighted by Gasteiger charge is 2.14. The predicted molar refractivity (Wildman–Crippen MR) is 85.6 cm³/mol. The average Bonchev–Trinajstić information content (AvgIpc) is 3.23. The van der Waals surface area contributed by atoms with Crippen LogP contribution in [0.15, 0.2) is 48.0 Å². The molecular formula is C15H11N7O3. The van der Waals surface area contributed by atoms with E-state index >= 15 is 0 Å². The monoisotopic (exact) mass is 337 g/mol. The van der Waals surface area contributed by atoms with E-state index in [0.717, 1.165) is 5.56 Å². The molecule has 0 saturated heterocycles. The topological polar surface area (TPSA) is 132 Å². The van der Waals surface area contributed by atoms with Gasteiger partial charge in [0.15, 0.2) is 11.2 Å². The van der Waals surface area contributed by atoms with E-state index in [1.54, 1.807) is 17.0 Å². The normalized spacial score (nSPS) is 11.0. The van der Waals surface area contributed by atoms with Gasteiger partial charge in [0.05, 0.1) is 24.6 Å². The standard InChI is InChI=1S/C15H11N7O3/c23-13-11-12(17-8-21(11)6-9-2-1-3-16-4-9)19-15(20-13)22-7-10(5-18-22)14(24)25/h1-5,7-8H,6H2,(H,24,25)(H,19,20,23). The lowest BCUT2D eigenvalue weighted by molar-refractivity contribution is 0.0697. The molecule has 0 bridgehead atoms. The lowest BCUT2D eigenvalue weighted by Crippen LogP contribution is -2.16. The molecule has 0 aliphatic carbocycles. The Bertz CT molecular complexity index is 1130. The third-order valence-electron chi connectivity index (χ3n) is 3.59.